The van der Waals surface area contributed by atoms with E-state index in [0.29, 0.717) is 5.33 Å². The van der Waals surface area contributed by atoms with E-state index < -0.39 is 48.6 Å². The minimum atomic E-state index is -1.05. The van der Waals surface area contributed by atoms with Crippen molar-refractivity contribution in [3.05, 3.63) is 0 Å². The van der Waals surface area contributed by atoms with Crippen LogP contribution in [0.4, 0.5) is 0 Å². The number of hydrogen-bond acceptors (Lipinski definition) is 8. The molecule has 22 heavy (non-hydrogen) atoms. The Morgan fingerprint density at radius 3 is 1.77 bits per heavy atom. The Kier molecular flexibility index (Phi) is 7.24. The lowest BCUT2D eigenvalue weighted by molar-refractivity contribution is -0.293. The van der Waals surface area contributed by atoms with Crippen molar-refractivity contribution in [3.63, 3.8) is 0 Å². The van der Waals surface area contributed by atoms with E-state index >= 15 is 0 Å². The maximum absolute atomic E-state index is 11.4. The SMILES string of the molecule is CO[C@@H]1OC(CBr)[C@@H](OC(C)=O)[C@H](OC(C)=O)C1OC(C)=O. The van der Waals surface area contributed by atoms with E-state index in [1.165, 1.54) is 27.9 Å². The molecule has 126 valence electrons. The van der Waals surface area contributed by atoms with Gasteiger partial charge in [-0.1, -0.05) is 15.9 Å². The number of halogens is 1. The second-order valence-electron chi connectivity index (χ2n) is 4.66. The molecule has 1 saturated heterocycles. The number of carbonyl (C=O) groups excluding carboxylic acids is 3. The minimum Gasteiger partial charge on any atom is -0.456 e. The molecule has 1 rings (SSSR count). The number of carbonyl (C=O) groups is 3. The lowest BCUT2D eigenvalue weighted by atomic mass is 9.99. The molecule has 9 heteroatoms. The first kappa shape index (κ1) is 18.9. The van der Waals surface area contributed by atoms with E-state index in [9.17, 15) is 14.4 Å². The molecule has 0 radical (unpaired) electrons. The molecule has 1 aliphatic heterocycles. The van der Waals surface area contributed by atoms with Gasteiger partial charge < -0.3 is 23.7 Å². The zero-order chi connectivity index (χ0) is 16.9. The predicted molar refractivity (Wildman–Crippen MR) is 76.1 cm³/mol. The third-order valence-electron chi connectivity index (χ3n) is 2.88. The van der Waals surface area contributed by atoms with Crippen LogP contribution in [0.2, 0.25) is 0 Å². The van der Waals surface area contributed by atoms with Gasteiger partial charge in [-0.05, 0) is 0 Å². The lowest BCUT2D eigenvalue weighted by Crippen LogP contribution is -2.62. The fourth-order valence-electron chi connectivity index (χ4n) is 2.17. The van der Waals surface area contributed by atoms with Gasteiger partial charge in [0.05, 0.1) is 0 Å². The van der Waals surface area contributed by atoms with Crippen molar-refractivity contribution in [2.45, 2.75) is 51.5 Å². The molecule has 0 aromatic rings. The largest absolute Gasteiger partial charge is 0.456 e. The first-order valence-electron chi connectivity index (χ1n) is 6.56. The van der Waals surface area contributed by atoms with E-state index in [1.54, 1.807) is 0 Å². The van der Waals surface area contributed by atoms with Gasteiger partial charge in [0.15, 0.2) is 24.6 Å². The van der Waals surface area contributed by atoms with Crippen LogP contribution in [0.3, 0.4) is 0 Å². The summed E-state index contributed by atoms with van der Waals surface area (Å²) >= 11 is 3.24. The fourth-order valence-corrected chi connectivity index (χ4v) is 2.69. The average molecular weight is 383 g/mol. The summed E-state index contributed by atoms with van der Waals surface area (Å²) in [4.78, 5) is 34.0. The van der Waals surface area contributed by atoms with Gasteiger partial charge in [-0.25, -0.2) is 0 Å². The quantitative estimate of drug-likeness (QED) is 0.386. The van der Waals surface area contributed by atoms with Crippen LogP contribution in [-0.2, 0) is 38.1 Å². The van der Waals surface area contributed by atoms with Gasteiger partial charge >= 0.3 is 17.9 Å². The highest BCUT2D eigenvalue weighted by atomic mass is 79.9. The van der Waals surface area contributed by atoms with Crippen LogP contribution in [-0.4, -0.2) is 61.1 Å². The number of hydrogen-bond donors (Lipinski definition) is 0. The molecule has 0 aromatic carbocycles. The van der Waals surface area contributed by atoms with Gasteiger partial charge in [-0.2, -0.15) is 0 Å². The maximum atomic E-state index is 11.4. The zero-order valence-electron chi connectivity index (χ0n) is 12.7. The van der Waals surface area contributed by atoms with Gasteiger partial charge in [-0.3, -0.25) is 14.4 Å². The Balaban J connectivity index is 3.14. The molecular weight excluding hydrogens is 364 g/mol. The van der Waals surface area contributed by atoms with Crippen LogP contribution in [0, 0.1) is 0 Å². The van der Waals surface area contributed by atoms with E-state index in [2.05, 4.69) is 15.9 Å². The number of rotatable bonds is 5. The third kappa shape index (κ3) is 4.92. The van der Waals surface area contributed by atoms with Gasteiger partial charge in [0.25, 0.3) is 0 Å². The standard InChI is InChI=1S/C13H19BrO8/c1-6(15)19-10-9(5-14)22-13(18-4)12(21-8(3)17)11(10)20-7(2)16/h9-13H,5H2,1-4H3/t9?,10-,11+,12?,13-/m1/s1. The second kappa shape index (κ2) is 8.44. The molecule has 1 heterocycles. The highest BCUT2D eigenvalue weighted by Gasteiger charge is 2.51. The molecule has 0 bridgehead atoms. The molecule has 0 amide bonds. The monoisotopic (exact) mass is 382 g/mol. The van der Waals surface area contributed by atoms with Crippen LogP contribution >= 0.6 is 15.9 Å². The summed E-state index contributed by atoms with van der Waals surface area (Å²) < 4.78 is 26.3. The molecular formula is C13H19BrO8. The normalized spacial score (nSPS) is 31.2. The number of methoxy groups -OCH3 is 1. The van der Waals surface area contributed by atoms with E-state index in [0.717, 1.165) is 0 Å². The average Bonchev–Trinajstić information content (AvgIpc) is 2.41. The van der Waals surface area contributed by atoms with Crippen LogP contribution in [0.5, 0.6) is 0 Å². The highest BCUT2D eigenvalue weighted by molar-refractivity contribution is 9.09. The molecule has 1 aliphatic rings. The van der Waals surface area contributed by atoms with Crippen molar-refractivity contribution in [2.75, 3.05) is 12.4 Å². The smallest absolute Gasteiger partial charge is 0.303 e. The second-order valence-corrected chi connectivity index (χ2v) is 5.30. The Morgan fingerprint density at radius 1 is 0.909 bits per heavy atom. The topological polar surface area (TPSA) is 97.4 Å². The zero-order valence-corrected chi connectivity index (χ0v) is 14.3. The molecule has 8 nitrogen and oxygen atoms in total. The maximum Gasteiger partial charge on any atom is 0.303 e. The molecule has 0 N–H and O–H groups in total. The first-order valence-corrected chi connectivity index (χ1v) is 7.68. The van der Waals surface area contributed by atoms with Crippen molar-refractivity contribution in [2.24, 2.45) is 0 Å². The van der Waals surface area contributed by atoms with Crippen LogP contribution in [0.15, 0.2) is 0 Å². The third-order valence-corrected chi connectivity index (χ3v) is 3.52. The molecule has 5 atom stereocenters. The molecule has 1 fully saturated rings. The van der Waals surface area contributed by atoms with Crippen LogP contribution in [0.1, 0.15) is 20.8 Å². The van der Waals surface area contributed by atoms with Gasteiger partial charge in [-0.15, -0.1) is 0 Å². The molecule has 0 aliphatic carbocycles. The Morgan fingerprint density at radius 2 is 1.36 bits per heavy atom. The molecule has 2 unspecified atom stereocenters. The Bertz CT molecular complexity index is 396. The summed E-state index contributed by atoms with van der Waals surface area (Å²) in [6.45, 7) is 3.63. The minimum absolute atomic E-state index is 0.301. The van der Waals surface area contributed by atoms with E-state index in [-0.39, 0.29) is 0 Å². The number of esters is 3. The van der Waals surface area contributed by atoms with Crippen molar-refractivity contribution in [3.8, 4) is 0 Å². The summed E-state index contributed by atoms with van der Waals surface area (Å²) in [5, 5.41) is 0.301. The van der Waals surface area contributed by atoms with E-state index in [1.807, 2.05) is 0 Å². The molecule has 0 spiro atoms. The van der Waals surface area contributed by atoms with Crippen LogP contribution in [0.25, 0.3) is 0 Å². The number of ether oxygens (including phenoxy) is 5. The van der Waals surface area contributed by atoms with E-state index in [4.69, 9.17) is 23.7 Å². The number of alkyl halides is 1. The van der Waals surface area contributed by atoms with Crippen molar-refractivity contribution < 1.29 is 38.1 Å². The Hall–Kier alpha value is -1.19. The van der Waals surface area contributed by atoms with Gasteiger partial charge in [0.2, 0.25) is 0 Å². The molecule has 0 saturated carbocycles. The fraction of sp³-hybridized carbons (Fsp3) is 0.769. The van der Waals surface area contributed by atoms with Gasteiger partial charge in [0.1, 0.15) is 6.10 Å². The van der Waals surface area contributed by atoms with Crippen LogP contribution < -0.4 is 0 Å². The summed E-state index contributed by atoms with van der Waals surface area (Å²) in [5.74, 6) is -1.79. The summed E-state index contributed by atoms with van der Waals surface area (Å²) in [5.41, 5.74) is 0. The summed E-state index contributed by atoms with van der Waals surface area (Å²) in [6, 6.07) is 0. The Labute approximate surface area is 136 Å². The van der Waals surface area contributed by atoms with Crippen molar-refractivity contribution >= 4 is 33.8 Å². The highest BCUT2D eigenvalue weighted by Crippen LogP contribution is 2.29. The first-order chi connectivity index (χ1) is 10.3. The summed E-state index contributed by atoms with van der Waals surface area (Å²) in [7, 11) is 1.36. The molecule has 0 aromatic heterocycles. The van der Waals surface area contributed by atoms with Gasteiger partial charge in [0, 0.05) is 33.2 Å². The van der Waals surface area contributed by atoms with Crippen molar-refractivity contribution in [1.82, 2.24) is 0 Å². The lowest BCUT2D eigenvalue weighted by Gasteiger charge is -2.43. The predicted octanol–water partition coefficient (Wildman–Crippen LogP) is 0.548. The van der Waals surface area contributed by atoms with Crippen molar-refractivity contribution in [1.29, 1.82) is 0 Å². The summed E-state index contributed by atoms with van der Waals surface area (Å²) in [6.07, 6.45) is -4.61.